The van der Waals surface area contributed by atoms with Crippen LogP contribution in [0.1, 0.15) is 34.1 Å². The number of hydrogen-bond acceptors (Lipinski definition) is 5. The second-order valence-corrected chi connectivity index (χ2v) is 6.91. The third-order valence-electron chi connectivity index (χ3n) is 2.55. The zero-order valence-corrected chi connectivity index (χ0v) is 12.1. The van der Waals surface area contributed by atoms with Gasteiger partial charge in [-0.15, -0.1) is 0 Å². The van der Waals surface area contributed by atoms with E-state index in [4.69, 9.17) is 4.74 Å². The van der Waals surface area contributed by atoms with Gasteiger partial charge in [-0.3, -0.25) is 4.79 Å². The summed E-state index contributed by atoms with van der Waals surface area (Å²) < 4.78 is 5.29. The molecule has 6 heteroatoms. The van der Waals surface area contributed by atoms with Gasteiger partial charge in [-0.2, -0.15) is 0 Å². The maximum Gasteiger partial charge on any atom is 0.410 e. The van der Waals surface area contributed by atoms with Gasteiger partial charge in [0.1, 0.15) is 5.60 Å². The summed E-state index contributed by atoms with van der Waals surface area (Å²) in [5.41, 5.74) is -0.553. The summed E-state index contributed by atoms with van der Waals surface area (Å²) in [4.78, 5) is 24.5. The highest BCUT2D eigenvalue weighted by Gasteiger charge is 2.37. The maximum absolute atomic E-state index is 12.0. The minimum atomic E-state index is -0.553. The number of ether oxygens (including phenoxy) is 1. The molecule has 5 nitrogen and oxygen atoms in total. The topological polar surface area (TPSA) is 66.8 Å². The number of amides is 1. The quantitative estimate of drug-likeness (QED) is 0.829. The lowest BCUT2D eigenvalue weighted by Gasteiger charge is -2.27. The number of aliphatic hydroxyl groups excluding tert-OH is 1. The fourth-order valence-electron chi connectivity index (χ4n) is 1.91. The smallest absolute Gasteiger partial charge is 0.410 e. The van der Waals surface area contributed by atoms with Crippen LogP contribution in [0.15, 0.2) is 0 Å². The van der Waals surface area contributed by atoms with E-state index in [1.807, 2.05) is 0 Å². The first kappa shape index (κ1) is 15.3. The Hall–Kier alpha value is -0.750. The van der Waals surface area contributed by atoms with Gasteiger partial charge >= 0.3 is 6.09 Å². The lowest BCUT2D eigenvalue weighted by Crippen LogP contribution is -2.41. The van der Waals surface area contributed by atoms with Crippen LogP contribution >= 0.6 is 11.8 Å². The van der Waals surface area contributed by atoms with Crippen LogP contribution in [0, 0.1) is 0 Å². The number of carbonyl (C=O) groups is 2. The van der Waals surface area contributed by atoms with Crippen molar-refractivity contribution < 1.29 is 19.4 Å². The summed E-state index contributed by atoms with van der Waals surface area (Å²) in [7, 11) is 0. The van der Waals surface area contributed by atoms with E-state index in [2.05, 4.69) is 0 Å². The van der Waals surface area contributed by atoms with Gasteiger partial charge in [0, 0.05) is 18.7 Å². The molecule has 1 heterocycles. The van der Waals surface area contributed by atoms with Crippen molar-refractivity contribution in [1.82, 2.24) is 4.90 Å². The number of aliphatic hydroxyl groups is 1. The van der Waals surface area contributed by atoms with Gasteiger partial charge in [0.05, 0.1) is 12.6 Å². The summed E-state index contributed by atoms with van der Waals surface area (Å²) in [5.74, 6) is 0. The van der Waals surface area contributed by atoms with Gasteiger partial charge in [-0.05, 0) is 27.2 Å². The Balaban J connectivity index is 2.64. The van der Waals surface area contributed by atoms with Crippen molar-refractivity contribution in [3.8, 4) is 0 Å². The highest BCUT2D eigenvalue weighted by molar-refractivity contribution is 8.14. The zero-order chi connectivity index (χ0) is 13.9. The molecule has 104 valence electrons. The Morgan fingerprint density at radius 2 is 2.06 bits per heavy atom. The number of nitrogens with zero attached hydrogens (tertiary/aromatic N) is 1. The molecule has 18 heavy (non-hydrogen) atoms. The molecule has 0 spiro atoms. The standard InChI is InChI=1S/C12H21NO4S/c1-8(15)18-10-5-9(7-14)13(6-10)11(16)17-12(2,3)4/h9-10,14H,5-7H2,1-4H3/t9-,10-/m0/s1. The van der Waals surface area contributed by atoms with Crippen LogP contribution in [-0.4, -0.2) is 51.3 Å². The summed E-state index contributed by atoms with van der Waals surface area (Å²) in [6.07, 6.45) is 0.202. The molecule has 1 fully saturated rings. The average Bonchev–Trinajstić information content (AvgIpc) is 2.57. The van der Waals surface area contributed by atoms with E-state index >= 15 is 0 Å². The molecule has 0 radical (unpaired) electrons. The van der Waals surface area contributed by atoms with Crippen molar-refractivity contribution in [2.24, 2.45) is 0 Å². The molecule has 1 amide bonds. The molecule has 1 rings (SSSR count). The minimum absolute atomic E-state index is 0.0303. The fourth-order valence-corrected chi connectivity index (χ4v) is 2.93. The van der Waals surface area contributed by atoms with Crippen molar-refractivity contribution in [2.45, 2.75) is 51.0 Å². The van der Waals surface area contributed by atoms with Gasteiger partial charge in [0.2, 0.25) is 0 Å². The Morgan fingerprint density at radius 3 is 2.50 bits per heavy atom. The van der Waals surface area contributed by atoms with Crippen molar-refractivity contribution in [3.63, 3.8) is 0 Å². The molecule has 2 atom stereocenters. The molecule has 0 aromatic rings. The van der Waals surface area contributed by atoms with E-state index in [9.17, 15) is 14.7 Å². The van der Waals surface area contributed by atoms with Gasteiger partial charge in [0.15, 0.2) is 5.12 Å². The lowest BCUT2D eigenvalue weighted by molar-refractivity contribution is -0.109. The third-order valence-corrected chi connectivity index (χ3v) is 3.55. The van der Waals surface area contributed by atoms with Crippen LogP contribution in [0.25, 0.3) is 0 Å². The molecule has 1 aliphatic rings. The van der Waals surface area contributed by atoms with Crippen LogP contribution in [0.5, 0.6) is 0 Å². The minimum Gasteiger partial charge on any atom is -0.444 e. The maximum atomic E-state index is 12.0. The number of likely N-dealkylation sites (tertiary alicyclic amines) is 1. The molecule has 1 aliphatic heterocycles. The number of hydrogen-bond donors (Lipinski definition) is 1. The normalized spacial score (nSPS) is 24.2. The molecular formula is C12H21NO4S. The predicted octanol–water partition coefficient (Wildman–Crippen LogP) is 1.64. The van der Waals surface area contributed by atoms with Crippen molar-refractivity contribution >= 4 is 23.0 Å². The van der Waals surface area contributed by atoms with Crippen LogP contribution < -0.4 is 0 Å². The van der Waals surface area contributed by atoms with Crippen LogP contribution in [0.2, 0.25) is 0 Å². The van der Waals surface area contributed by atoms with Crippen LogP contribution in [0.4, 0.5) is 4.79 Å². The Kier molecular flexibility index (Phi) is 5.04. The Morgan fingerprint density at radius 1 is 1.44 bits per heavy atom. The highest BCUT2D eigenvalue weighted by atomic mass is 32.2. The first-order valence-corrected chi connectivity index (χ1v) is 6.88. The largest absolute Gasteiger partial charge is 0.444 e. The predicted molar refractivity (Wildman–Crippen MR) is 70.5 cm³/mol. The molecule has 0 bridgehead atoms. The summed E-state index contributed by atoms with van der Waals surface area (Å²) in [5, 5.41) is 9.37. The van der Waals surface area contributed by atoms with E-state index in [1.165, 1.54) is 23.6 Å². The molecule has 0 saturated carbocycles. The van der Waals surface area contributed by atoms with Crippen LogP contribution in [-0.2, 0) is 9.53 Å². The molecule has 0 aromatic heterocycles. The molecule has 1 saturated heterocycles. The number of thioether (sulfide) groups is 1. The van der Waals surface area contributed by atoms with E-state index in [0.717, 1.165) is 0 Å². The zero-order valence-electron chi connectivity index (χ0n) is 11.3. The average molecular weight is 275 g/mol. The summed E-state index contributed by atoms with van der Waals surface area (Å²) >= 11 is 1.22. The molecular weight excluding hydrogens is 254 g/mol. The third kappa shape index (κ3) is 4.49. The van der Waals surface area contributed by atoms with Crippen molar-refractivity contribution in [3.05, 3.63) is 0 Å². The Bertz CT molecular complexity index is 327. The fraction of sp³-hybridized carbons (Fsp3) is 0.833. The highest BCUT2D eigenvalue weighted by Crippen LogP contribution is 2.29. The molecule has 0 unspecified atom stereocenters. The summed E-state index contributed by atoms with van der Waals surface area (Å²) in [6, 6.07) is -0.253. The molecule has 1 N–H and O–H groups in total. The number of carbonyl (C=O) groups excluding carboxylic acids is 2. The first-order chi connectivity index (χ1) is 8.23. The van der Waals surface area contributed by atoms with E-state index in [0.29, 0.717) is 13.0 Å². The van der Waals surface area contributed by atoms with Gasteiger partial charge in [0.25, 0.3) is 0 Å². The van der Waals surface area contributed by atoms with Crippen molar-refractivity contribution in [2.75, 3.05) is 13.2 Å². The second kappa shape index (κ2) is 5.93. The second-order valence-electron chi connectivity index (χ2n) is 5.44. The molecule has 0 aliphatic carbocycles. The van der Waals surface area contributed by atoms with Crippen LogP contribution in [0.3, 0.4) is 0 Å². The first-order valence-electron chi connectivity index (χ1n) is 6.00. The van der Waals surface area contributed by atoms with E-state index < -0.39 is 11.7 Å². The Labute approximate surface area is 112 Å². The van der Waals surface area contributed by atoms with E-state index in [1.54, 1.807) is 20.8 Å². The number of rotatable bonds is 2. The van der Waals surface area contributed by atoms with Gasteiger partial charge in [-0.25, -0.2) is 4.79 Å². The van der Waals surface area contributed by atoms with Gasteiger partial charge < -0.3 is 14.7 Å². The lowest BCUT2D eigenvalue weighted by atomic mass is 10.2. The summed E-state index contributed by atoms with van der Waals surface area (Å²) in [6.45, 7) is 7.26. The SMILES string of the molecule is CC(=O)S[C@H]1C[C@@H](CO)N(C(=O)OC(C)(C)C)C1. The molecule has 0 aromatic carbocycles. The monoisotopic (exact) mass is 275 g/mol. The van der Waals surface area contributed by atoms with Crippen molar-refractivity contribution in [1.29, 1.82) is 0 Å². The van der Waals surface area contributed by atoms with E-state index in [-0.39, 0.29) is 23.0 Å². The van der Waals surface area contributed by atoms with Gasteiger partial charge in [-0.1, -0.05) is 11.8 Å².